The van der Waals surface area contributed by atoms with Crippen LogP contribution in [0.1, 0.15) is 30.5 Å². The van der Waals surface area contributed by atoms with E-state index in [4.69, 9.17) is 15.0 Å². The molecule has 0 atom stereocenters. The number of hydrogen-bond acceptors (Lipinski definition) is 4. The Balaban J connectivity index is 0.988. The molecule has 278 valence electrons. The number of benzene rings is 8. The zero-order chi connectivity index (χ0) is 39.9. The van der Waals surface area contributed by atoms with Gasteiger partial charge >= 0.3 is 0 Å². The van der Waals surface area contributed by atoms with Gasteiger partial charge < -0.3 is 0 Å². The first-order valence-corrected chi connectivity index (χ1v) is 19.9. The number of aromatic nitrogens is 3. The molecular weight excluding hydrogens is 717 g/mol. The first-order chi connectivity index (χ1) is 28.9. The zero-order valence-corrected chi connectivity index (χ0v) is 32.8. The maximum Gasteiger partial charge on any atom is 0.164 e. The van der Waals surface area contributed by atoms with Crippen molar-refractivity contribution in [2.45, 2.75) is 19.3 Å². The number of fused-ring (bicyclic) bond motifs is 3. The van der Waals surface area contributed by atoms with E-state index >= 15 is 0 Å². The maximum atomic E-state index is 9.55. The van der Waals surface area contributed by atoms with E-state index in [1.165, 1.54) is 22.3 Å². The van der Waals surface area contributed by atoms with E-state index in [0.717, 1.165) is 61.2 Å². The second-order valence-electron chi connectivity index (χ2n) is 15.6. The van der Waals surface area contributed by atoms with Crippen LogP contribution >= 0.6 is 0 Å². The summed E-state index contributed by atoms with van der Waals surface area (Å²) in [7, 11) is 0. The van der Waals surface area contributed by atoms with Crippen LogP contribution < -0.4 is 0 Å². The maximum absolute atomic E-state index is 9.55. The molecular formula is C55H38N4. The molecule has 0 N–H and O–H groups in total. The molecule has 1 aliphatic carbocycles. The van der Waals surface area contributed by atoms with Gasteiger partial charge in [-0.1, -0.05) is 184 Å². The lowest BCUT2D eigenvalue weighted by molar-refractivity contribution is 0.660. The van der Waals surface area contributed by atoms with E-state index in [1.807, 2.05) is 24.3 Å². The van der Waals surface area contributed by atoms with Gasteiger partial charge in [0.05, 0.1) is 11.6 Å². The second-order valence-corrected chi connectivity index (χ2v) is 15.6. The normalized spacial score (nSPS) is 12.4. The predicted octanol–water partition coefficient (Wildman–Crippen LogP) is 13.7. The Kier molecular flexibility index (Phi) is 8.85. The fourth-order valence-electron chi connectivity index (χ4n) is 8.34. The standard InChI is InChI=1S/C55H38N4/c1-55(2)50-31-29-46(34-49(50)48-30-16-36(35-56)32-51(48)55)42-19-17-41(18-20-42)45-14-9-15-47(33-45)54-58-52(43-25-21-39(22-26-43)37-10-5-3-6-11-37)57-53(59-54)44-27-23-40(24-28-44)38-12-7-4-8-13-38/h3-34H,1-2H3. The molecule has 0 fully saturated rings. The average Bonchev–Trinajstić information content (AvgIpc) is 3.54. The zero-order valence-electron chi connectivity index (χ0n) is 32.8. The first-order valence-electron chi connectivity index (χ1n) is 19.9. The molecule has 0 saturated heterocycles. The van der Waals surface area contributed by atoms with Crippen molar-refractivity contribution in [3.05, 3.63) is 211 Å². The van der Waals surface area contributed by atoms with Gasteiger partial charge in [0, 0.05) is 22.1 Å². The van der Waals surface area contributed by atoms with Gasteiger partial charge in [-0.05, 0) is 91.0 Å². The molecule has 0 spiro atoms. The highest BCUT2D eigenvalue weighted by atomic mass is 15.0. The summed E-state index contributed by atoms with van der Waals surface area (Å²) in [5.41, 5.74) is 17.3. The van der Waals surface area contributed by atoms with Crippen LogP contribution in [0.3, 0.4) is 0 Å². The van der Waals surface area contributed by atoms with Crippen molar-refractivity contribution < 1.29 is 0 Å². The summed E-state index contributed by atoms with van der Waals surface area (Å²) in [5, 5.41) is 9.55. The van der Waals surface area contributed by atoms with Crippen molar-refractivity contribution >= 4 is 0 Å². The Labute approximate surface area is 344 Å². The molecule has 59 heavy (non-hydrogen) atoms. The molecule has 4 heteroatoms. The number of nitrogens with zero attached hydrogens (tertiary/aromatic N) is 4. The topological polar surface area (TPSA) is 62.5 Å². The van der Waals surface area contributed by atoms with E-state index in [-0.39, 0.29) is 5.41 Å². The van der Waals surface area contributed by atoms with Gasteiger partial charge in [-0.2, -0.15) is 5.26 Å². The lowest BCUT2D eigenvalue weighted by atomic mass is 9.81. The smallest absolute Gasteiger partial charge is 0.164 e. The summed E-state index contributed by atoms with van der Waals surface area (Å²) in [6, 6.07) is 70.0. The van der Waals surface area contributed by atoms with E-state index in [2.05, 4.69) is 190 Å². The molecule has 0 aliphatic heterocycles. The molecule has 8 aromatic carbocycles. The third-order valence-electron chi connectivity index (χ3n) is 11.6. The van der Waals surface area contributed by atoms with E-state index < -0.39 is 0 Å². The summed E-state index contributed by atoms with van der Waals surface area (Å²) in [4.78, 5) is 15.2. The summed E-state index contributed by atoms with van der Waals surface area (Å²) in [5.74, 6) is 1.86. The lowest BCUT2D eigenvalue weighted by Gasteiger charge is -2.21. The summed E-state index contributed by atoms with van der Waals surface area (Å²) >= 11 is 0. The van der Waals surface area contributed by atoms with Gasteiger partial charge in [0.25, 0.3) is 0 Å². The summed E-state index contributed by atoms with van der Waals surface area (Å²) < 4.78 is 0. The molecule has 0 saturated carbocycles. The highest BCUT2D eigenvalue weighted by Gasteiger charge is 2.35. The highest BCUT2D eigenvalue weighted by molar-refractivity contribution is 5.85. The van der Waals surface area contributed by atoms with Crippen LogP contribution in [0.15, 0.2) is 194 Å². The third kappa shape index (κ3) is 6.69. The molecule has 9 aromatic rings. The van der Waals surface area contributed by atoms with Gasteiger partial charge in [-0.15, -0.1) is 0 Å². The fraction of sp³-hybridized carbons (Fsp3) is 0.0545. The van der Waals surface area contributed by atoms with Crippen molar-refractivity contribution in [3.8, 4) is 95.9 Å². The lowest BCUT2D eigenvalue weighted by Crippen LogP contribution is -2.15. The average molecular weight is 755 g/mol. The van der Waals surface area contributed by atoms with Crippen LogP contribution in [-0.2, 0) is 5.41 Å². The number of hydrogen-bond donors (Lipinski definition) is 0. The quantitative estimate of drug-likeness (QED) is 0.163. The molecule has 0 radical (unpaired) electrons. The van der Waals surface area contributed by atoms with Crippen molar-refractivity contribution in [2.75, 3.05) is 0 Å². The van der Waals surface area contributed by atoms with Gasteiger partial charge in [0.15, 0.2) is 17.5 Å². The van der Waals surface area contributed by atoms with Crippen molar-refractivity contribution in [3.63, 3.8) is 0 Å². The molecule has 0 unspecified atom stereocenters. The van der Waals surface area contributed by atoms with E-state index in [1.54, 1.807) is 0 Å². The molecule has 1 heterocycles. The fourth-order valence-corrected chi connectivity index (χ4v) is 8.34. The van der Waals surface area contributed by atoms with Crippen LogP contribution in [0.25, 0.3) is 89.8 Å². The van der Waals surface area contributed by atoms with Crippen molar-refractivity contribution in [1.82, 2.24) is 15.0 Å². The van der Waals surface area contributed by atoms with E-state index in [0.29, 0.717) is 23.0 Å². The Morgan fingerprint density at radius 3 is 1.27 bits per heavy atom. The van der Waals surface area contributed by atoms with Crippen LogP contribution in [0, 0.1) is 11.3 Å². The van der Waals surface area contributed by atoms with Crippen molar-refractivity contribution in [1.29, 1.82) is 5.26 Å². The molecule has 0 bridgehead atoms. The number of nitriles is 1. The largest absolute Gasteiger partial charge is 0.208 e. The summed E-state index contributed by atoms with van der Waals surface area (Å²) in [6.45, 7) is 4.49. The van der Waals surface area contributed by atoms with Crippen LogP contribution in [0.4, 0.5) is 0 Å². The highest BCUT2D eigenvalue weighted by Crippen LogP contribution is 2.50. The minimum atomic E-state index is -0.162. The molecule has 1 aliphatic rings. The predicted molar refractivity (Wildman–Crippen MR) is 240 cm³/mol. The van der Waals surface area contributed by atoms with Gasteiger partial charge in [-0.3, -0.25) is 0 Å². The Bertz CT molecular complexity index is 2930. The van der Waals surface area contributed by atoms with Gasteiger partial charge in [-0.25, -0.2) is 15.0 Å². The Morgan fingerprint density at radius 1 is 0.339 bits per heavy atom. The second kappa shape index (κ2) is 14.6. The monoisotopic (exact) mass is 754 g/mol. The Hall–Kier alpha value is -7.74. The van der Waals surface area contributed by atoms with Crippen LogP contribution in [0.2, 0.25) is 0 Å². The minimum absolute atomic E-state index is 0.162. The first kappa shape index (κ1) is 35.7. The van der Waals surface area contributed by atoms with Crippen molar-refractivity contribution in [2.24, 2.45) is 0 Å². The molecule has 1 aromatic heterocycles. The molecule has 4 nitrogen and oxygen atoms in total. The number of rotatable bonds is 7. The van der Waals surface area contributed by atoms with E-state index in [9.17, 15) is 5.26 Å². The summed E-state index contributed by atoms with van der Waals surface area (Å²) in [6.07, 6.45) is 0. The molecule has 10 rings (SSSR count). The van der Waals surface area contributed by atoms with Gasteiger partial charge in [0.2, 0.25) is 0 Å². The van der Waals surface area contributed by atoms with Gasteiger partial charge in [0.1, 0.15) is 0 Å². The third-order valence-corrected chi connectivity index (χ3v) is 11.6. The SMILES string of the molecule is CC1(C)c2ccc(-c3ccc(-c4cccc(-c5nc(-c6ccc(-c7ccccc7)cc6)nc(-c6ccc(-c7ccccc7)cc6)n5)c4)cc3)cc2-c2ccc(C#N)cc21. The van der Waals surface area contributed by atoms with Crippen LogP contribution in [-0.4, -0.2) is 15.0 Å². The minimum Gasteiger partial charge on any atom is -0.208 e. The van der Waals surface area contributed by atoms with Crippen LogP contribution in [0.5, 0.6) is 0 Å². The molecule has 0 amide bonds. The Morgan fingerprint density at radius 2 is 0.746 bits per heavy atom.